The average molecular weight is 321 g/mol. The number of hydrogen-bond acceptors (Lipinski definition) is 6. The lowest BCUT2D eigenvalue weighted by atomic mass is 10.3. The van der Waals surface area contributed by atoms with E-state index < -0.39 is 10.8 Å². The molecule has 2 heterocycles. The van der Waals surface area contributed by atoms with Crippen molar-refractivity contribution >= 4 is 40.7 Å². The van der Waals surface area contributed by atoms with Crippen LogP contribution in [0.1, 0.15) is 12.7 Å². The van der Waals surface area contributed by atoms with E-state index in [0.29, 0.717) is 15.8 Å². The number of amidine groups is 1. The van der Waals surface area contributed by atoms with Gasteiger partial charge in [0, 0.05) is 14.0 Å². The first-order chi connectivity index (χ1) is 10.4. The smallest absolute Gasteiger partial charge is 0.401 e. The van der Waals surface area contributed by atoms with Crippen LogP contribution in [0.5, 0.6) is 0 Å². The summed E-state index contributed by atoms with van der Waals surface area (Å²) in [6.45, 7) is 1.37. The Bertz CT molecular complexity index is 732. The number of nitrogens with zero attached hydrogens (tertiary/aromatic N) is 3. The van der Waals surface area contributed by atoms with Gasteiger partial charge in [0.25, 0.3) is 5.91 Å². The second-order valence-corrected chi connectivity index (χ2v) is 5.21. The van der Waals surface area contributed by atoms with Crippen molar-refractivity contribution in [3.05, 3.63) is 45.1 Å². The molecule has 0 spiro atoms. The highest BCUT2D eigenvalue weighted by Gasteiger charge is 2.25. The fraction of sp³-hybridized carbons (Fsp3) is 0.154. The highest BCUT2D eigenvalue weighted by atomic mass is 32.2. The van der Waals surface area contributed by atoms with Gasteiger partial charge in [0.15, 0.2) is 5.17 Å². The maximum atomic E-state index is 11.7. The molecule has 2 amide bonds. The van der Waals surface area contributed by atoms with Crippen LogP contribution in [0, 0.1) is 10.1 Å². The third-order valence-corrected chi connectivity index (χ3v) is 3.75. The van der Waals surface area contributed by atoms with Gasteiger partial charge in [-0.25, -0.2) is 0 Å². The number of carbonyl (C=O) groups is 2. The Hall–Kier alpha value is -2.68. The highest BCUT2D eigenvalue weighted by molar-refractivity contribution is 8.18. The Kier molecular flexibility index (Phi) is 4.56. The molecule has 8 nitrogen and oxygen atoms in total. The molecule has 0 aromatic carbocycles. The van der Waals surface area contributed by atoms with Crippen molar-refractivity contribution in [3.63, 3.8) is 0 Å². The van der Waals surface area contributed by atoms with E-state index in [0.717, 1.165) is 11.8 Å². The molecule has 9 heteroatoms. The lowest BCUT2D eigenvalue weighted by molar-refractivity contribution is -0.402. The molecule has 22 heavy (non-hydrogen) atoms. The van der Waals surface area contributed by atoms with Gasteiger partial charge in [0.1, 0.15) is 10.7 Å². The van der Waals surface area contributed by atoms with Crippen LogP contribution in [0.15, 0.2) is 38.6 Å². The van der Waals surface area contributed by atoms with Gasteiger partial charge in [0.2, 0.25) is 5.91 Å². The zero-order chi connectivity index (χ0) is 16.3. The Morgan fingerprint density at radius 2 is 2.23 bits per heavy atom. The van der Waals surface area contributed by atoms with Crippen LogP contribution >= 0.6 is 11.8 Å². The summed E-state index contributed by atoms with van der Waals surface area (Å²) in [5, 5.41) is 10.8. The van der Waals surface area contributed by atoms with Crippen molar-refractivity contribution in [3.8, 4) is 0 Å². The van der Waals surface area contributed by atoms with Gasteiger partial charge >= 0.3 is 5.88 Å². The highest BCUT2D eigenvalue weighted by Crippen LogP contribution is 2.28. The molecule has 0 saturated heterocycles. The van der Waals surface area contributed by atoms with Crippen LogP contribution in [-0.2, 0) is 9.59 Å². The van der Waals surface area contributed by atoms with Gasteiger partial charge < -0.3 is 4.42 Å². The molecule has 1 aliphatic rings. The van der Waals surface area contributed by atoms with E-state index in [2.05, 4.69) is 4.99 Å². The summed E-state index contributed by atoms with van der Waals surface area (Å²) in [4.78, 5) is 38.2. The summed E-state index contributed by atoms with van der Waals surface area (Å²) >= 11 is 1.08. The van der Waals surface area contributed by atoms with Gasteiger partial charge in [-0.05, 0) is 30.0 Å². The van der Waals surface area contributed by atoms with E-state index in [-0.39, 0.29) is 11.8 Å². The first-order valence-electron chi connectivity index (χ1n) is 6.06. The molecule has 1 aromatic rings. The average Bonchev–Trinajstić information content (AvgIpc) is 3.06. The molecule has 0 bridgehead atoms. The zero-order valence-electron chi connectivity index (χ0n) is 11.7. The first-order valence-corrected chi connectivity index (χ1v) is 6.88. The molecule has 0 radical (unpaired) electrons. The second-order valence-electron chi connectivity index (χ2n) is 4.20. The van der Waals surface area contributed by atoms with Crippen molar-refractivity contribution < 1.29 is 18.9 Å². The zero-order valence-corrected chi connectivity index (χ0v) is 12.5. The molecule has 0 saturated carbocycles. The summed E-state index contributed by atoms with van der Waals surface area (Å²) in [5.74, 6) is -0.727. The number of thioether (sulfide) groups is 1. The number of allylic oxidation sites excluding steroid dienone is 2. The SMILES string of the molecule is CC(=O)N(C)C1=NC(=O)/C(=C/C=C/c2ccc([N+](=O)[O-])o2)S1. The van der Waals surface area contributed by atoms with Gasteiger partial charge in [-0.2, -0.15) is 4.99 Å². The summed E-state index contributed by atoms with van der Waals surface area (Å²) in [5.41, 5.74) is 0. The van der Waals surface area contributed by atoms with Crippen molar-refractivity contribution in [1.82, 2.24) is 4.90 Å². The third-order valence-electron chi connectivity index (χ3n) is 2.67. The molecular weight excluding hydrogens is 310 g/mol. The Morgan fingerprint density at radius 3 is 2.82 bits per heavy atom. The summed E-state index contributed by atoms with van der Waals surface area (Å²) in [6, 6.07) is 2.69. The van der Waals surface area contributed by atoms with E-state index in [1.807, 2.05) is 0 Å². The number of nitro groups is 1. The number of aliphatic imine (C=N–C) groups is 1. The van der Waals surface area contributed by atoms with E-state index >= 15 is 0 Å². The normalized spacial score (nSPS) is 16.4. The number of carbonyl (C=O) groups excluding carboxylic acids is 2. The molecule has 114 valence electrons. The Morgan fingerprint density at radius 1 is 1.50 bits per heavy atom. The summed E-state index contributed by atoms with van der Waals surface area (Å²) in [6.07, 6.45) is 4.52. The maximum Gasteiger partial charge on any atom is 0.433 e. The fourth-order valence-electron chi connectivity index (χ4n) is 1.45. The summed E-state index contributed by atoms with van der Waals surface area (Å²) in [7, 11) is 1.53. The minimum absolute atomic E-state index is 0.223. The minimum Gasteiger partial charge on any atom is -0.401 e. The fourth-order valence-corrected chi connectivity index (χ4v) is 2.32. The number of hydrogen-bond donors (Lipinski definition) is 0. The van der Waals surface area contributed by atoms with Crippen LogP contribution in [-0.4, -0.2) is 33.9 Å². The largest absolute Gasteiger partial charge is 0.433 e. The third kappa shape index (κ3) is 3.50. The second kappa shape index (κ2) is 6.39. The van der Waals surface area contributed by atoms with E-state index in [1.54, 1.807) is 0 Å². The Balaban J connectivity index is 2.05. The molecule has 0 N–H and O–H groups in total. The Labute approximate surface area is 129 Å². The van der Waals surface area contributed by atoms with E-state index in [4.69, 9.17) is 4.42 Å². The van der Waals surface area contributed by atoms with E-state index in [1.165, 1.54) is 49.2 Å². The quantitative estimate of drug-likeness (QED) is 0.480. The van der Waals surface area contributed by atoms with Crippen LogP contribution in [0.4, 0.5) is 5.88 Å². The molecule has 0 unspecified atom stereocenters. The predicted molar refractivity (Wildman–Crippen MR) is 81.0 cm³/mol. The monoisotopic (exact) mass is 321 g/mol. The molecule has 2 rings (SSSR count). The molecule has 1 aliphatic heterocycles. The molecule has 0 atom stereocenters. The standard InChI is InChI=1S/C13H11N3O5S/c1-8(17)15(2)13-14-12(18)10(22-13)5-3-4-9-6-7-11(21-9)16(19)20/h3-7H,1-2H3/b4-3+,10-5-. The van der Waals surface area contributed by atoms with Crippen molar-refractivity contribution in [1.29, 1.82) is 0 Å². The number of rotatable bonds is 3. The minimum atomic E-state index is -0.635. The van der Waals surface area contributed by atoms with E-state index in [9.17, 15) is 19.7 Å². The van der Waals surface area contributed by atoms with Gasteiger partial charge in [-0.15, -0.1) is 0 Å². The summed E-state index contributed by atoms with van der Waals surface area (Å²) < 4.78 is 4.94. The molecule has 0 aliphatic carbocycles. The first kappa shape index (κ1) is 15.7. The van der Waals surface area contributed by atoms with Crippen molar-refractivity contribution in [2.75, 3.05) is 7.05 Å². The van der Waals surface area contributed by atoms with Gasteiger partial charge in [0.05, 0.1) is 11.0 Å². The van der Waals surface area contributed by atoms with Crippen molar-refractivity contribution in [2.45, 2.75) is 6.92 Å². The molecule has 0 fully saturated rings. The van der Waals surface area contributed by atoms with Gasteiger partial charge in [-0.1, -0.05) is 6.08 Å². The predicted octanol–water partition coefficient (Wildman–Crippen LogP) is 2.19. The van der Waals surface area contributed by atoms with Crippen LogP contribution in [0.25, 0.3) is 6.08 Å². The molecule has 1 aromatic heterocycles. The lowest BCUT2D eigenvalue weighted by Gasteiger charge is -2.11. The van der Waals surface area contributed by atoms with Gasteiger partial charge in [-0.3, -0.25) is 24.6 Å². The topological polar surface area (TPSA) is 106 Å². The molecular formula is C13H11N3O5S. The van der Waals surface area contributed by atoms with Crippen molar-refractivity contribution in [2.24, 2.45) is 4.99 Å². The van der Waals surface area contributed by atoms with Crippen LogP contribution < -0.4 is 0 Å². The maximum absolute atomic E-state index is 11.7. The van der Waals surface area contributed by atoms with Crippen LogP contribution in [0.2, 0.25) is 0 Å². The van der Waals surface area contributed by atoms with Crippen LogP contribution in [0.3, 0.4) is 0 Å². The number of furan rings is 1. The number of amides is 2. The lowest BCUT2D eigenvalue weighted by Crippen LogP contribution is -2.27.